The van der Waals surface area contributed by atoms with Crippen molar-refractivity contribution in [1.29, 1.82) is 0 Å². The molecule has 0 aromatic carbocycles. The fourth-order valence-corrected chi connectivity index (χ4v) is 5.71. The minimum atomic E-state index is -1.24. The molecule has 0 spiro atoms. The Morgan fingerprint density at radius 1 is 0.722 bits per heavy atom. The zero-order valence-electron chi connectivity index (χ0n) is 13.4. The first-order valence-corrected chi connectivity index (χ1v) is 18.3. The number of hydrogen-bond donors (Lipinski definition) is 0. The first-order chi connectivity index (χ1) is 8.33. The van der Waals surface area contributed by atoms with Crippen LogP contribution in [-0.2, 0) is 16.5 Å². The molecule has 0 aliphatic rings. The molecule has 0 heterocycles. The van der Waals surface area contributed by atoms with E-state index in [9.17, 15) is 0 Å². The van der Waals surface area contributed by atoms with Crippen molar-refractivity contribution in [3.8, 4) is 0 Å². The summed E-state index contributed by atoms with van der Waals surface area (Å²) in [6, 6.07) is 0. The second kappa shape index (κ2) is 14.5. The third-order valence-electron chi connectivity index (χ3n) is 1.81. The van der Waals surface area contributed by atoms with Gasteiger partial charge in [0.15, 0.2) is 0 Å². The molecule has 0 aromatic heterocycles. The predicted octanol–water partition coefficient (Wildman–Crippen LogP) is 2.58. The van der Waals surface area contributed by atoms with Crippen LogP contribution in [0.2, 0.25) is 21.9 Å². The maximum atomic E-state index is 5.55. The minimum absolute atomic E-state index is 0.301. The molecule has 18 heavy (non-hydrogen) atoms. The Morgan fingerprint density at radius 3 is 1.17 bits per heavy atom. The molecule has 0 radical (unpaired) electrons. The second-order valence-electron chi connectivity index (χ2n) is 4.90. The van der Waals surface area contributed by atoms with Gasteiger partial charge in [-0.3, -0.25) is 0 Å². The summed E-state index contributed by atoms with van der Waals surface area (Å²) >= 11 is -2.48. The summed E-state index contributed by atoms with van der Waals surface area (Å²) in [5, 5.41) is 0. The number of ether oxygens (including phenoxy) is 2. The van der Waals surface area contributed by atoms with Crippen LogP contribution < -0.4 is 0 Å². The van der Waals surface area contributed by atoms with Gasteiger partial charge >= 0.3 is 125 Å². The summed E-state index contributed by atoms with van der Waals surface area (Å²) in [6.07, 6.45) is 0.602. The molecule has 4 nitrogen and oxygen atoms in total. The SMILES string of the molecule is COCC(C)[O][Ga]([CH3])[CH3].COCC(C)[O][Ga]([CH3])[CH3]. The molecule has 0 rings (SSSR count). The average molecular weight is 378 g/mol. The van der Waals surface area contributed by atoms with Gasteiger partial charge in [-0.15, -0.1) is 0 Å². The molecule has 0 N–H and O–H groups in total. The number of methoxy groups -OCH3 is 2. The van der Waals surface area contributed by atoms with E-state index in [1.54, 1.807) is 14.2 Å². The molecule has 0 aromatic rings. The van der Waals surface area contributed by atoms with Gasteiger partial charge in [0.2, 0.25) is 0 Å². The molecule has 0 bridgehead atoms. The van der Waals surface area contributed by atoms with Crippen molar-refractivity contribution in [2.24, 2.45) is 0 Å². The van der Waals surface area contributed by atoms with Crippen molar-refractivity contribution in [1.82, 2.24) is 0 Å². The molecule has 2 atom stereocenters. The summed E-state index contributed by atoms with van der Waals surface area (Å²) in [4.78, 5) is 0. The molecule has 0 saturated heterocycles. The van der Waals surface area contributed by atoms with Gasteiger partial charge in [-0.25, -0.2) is 0 Å². The molecule has 0 aliphatic carbocycles. The van der Waals surface area contributed by atoms with Crippen LogP contribution in [0, 0.1) is 0 Å². The van der Waals surface area contributed by atoms with E-state index in [4.69, 9.17) is 16.5 Å². The van der Waals surface area contributed by atoms with E-state index >= 15 is 0 Å². The van der Waals surface area contributed by atoms with Gasteiger partial charge in [-0.2, -0.15) is 0 Å². The first-order valence-electron chi connectivity index (χ1n) is 6.62. The van der Waals surface area contributed by atoms with Gasteiger partial charge in [0.1, 0.15) is 0 Å². The second-order valence-corrected chi connectivity index (χ2v) is 14.8. The molecule has 6 heteroatoms. The van der Waals surface area contributed by atoms with Crippen LogP contribution in [0.15, 0.2) is 0 Å². The molecule has 2 unspecified atom stereocenters. The fourth-order valence-electron chi connectivity index (χ4n) is 1.48. The fraction of sp³-hybridized carbons (Fsp3) is 1.00. The molecular weight excluding hydrogens is 348 g/mol. The van der Waals surface area contributed by atoms with Gasteiger partial charge in [0, 0.05) is 0 Å². The van der Waals surface area contributed by atoms with Crippen LogP contribution in [0.25, 0.3) is 0 Å². The van der Waals surface area contributed by atoms with Crippen LogP contribution in [-0.4, -0.2) is 72.8 Å². The van der Waals surface area contributed by atoms with E-state index in [2.05, 4.69) is 35.8 Å². The van der Waals surface area contributed by atoms with Crippen molar-refractivity contribution < 1.29 is 16.5 Å². The molecular formula is C12H30Ga2O4. The van der Waals surface area contributed by atoms with E-state index in [0.717, 1.165) is 13.2 Å². The van der Waals surface area contributed by atoms with Gasteiger partial charge < -0.3 is 0 Å². The van der Waals surface area contributed by atoms with Crippen molar-refractivity contribution in [2.45, 2.75) is 48.0 Å². The Morgan fingerprint density at radius 2 is 1.00 bits per heavy atom. The summed E-state index contributed by atoms with van der Waals surface area (Å²) < 4.78 is 20.9. The van der Waals surface area contributed by atoms with Crippen LogP contribution in [0.1, 0.15) is 13.8 Å². The van der Waals surface area contributed by atoms with E-state index in [0.29, 0.717) is 12.2 Å². The molecule has 0 saturated carbocycles. The normalized spacial score (nSPS) is 13.3. The quantitative estimate of drug-likeness (QED) is 0.609. The van der Waals surface area contributed by atoms with Gasteiger partial charge in [0.25, 0.3) is 0 Å². The Hall–Kier alpha value is 1.11. The Bertz CT molecular complexity index is 150. The van der Waals surface area contributed by atoms with E-state index < -0.39 is 33.2 Å². The van der Waals surface area contributed by atoms with Gasteiger partial charge in [0.05, 0.1) is 0 Å². The Balaban J connectivity index is 0. The Labute approximate surface area is 125 Å². The van der Waals surface area contributed by atoms with Crippen LogP contribution in [0.4, 0.5) is 0 Å². The molecule has 0 amide bonds. The zero-order chi connectivity index (χ0) is 14.6. The van der Waals surface area contributed by atoms with Gasteiger partial charge in [-0.1, -0.05) is 0 Å². The summed E-state index contributed by atoms with van der Waals surface area (Å²) in [5.74, 6) is 0. The van der Waals surface area contributed by atoms with Crippen molar-refractivity contribution in [2.75, 3.05) is 27.4 Å². The summed E-state index contributed by atoms with van der Waals surface area (Å²) in [5.41, 5.74) is 8.83. The third kappa shape index (κ3) is 19.5. The first kappa shape index (κ1) is 21.4. The van der Waals surface area contributed by atoms with Crippen LogP contribution in [0.5, 0.6) is 0 Å². The van der Waals surface area contributed by atoms with E-state index in [1.807, 2.05) is 0 Å². The van der Waals surface area contributed by atoms with Gasteiger partial charge in [-0.05, 0) is 0 Å². The third-order valence-corrected chi connectivity index (χ3v) is 6.05. The average Bonchev–Trinajstić information content (AvgIpc) is 2.16. The topological polar surface area (TPSA) is 36.9 Å². The van der Waals surface area contributed by atoms with Crippen LogP contribution in [0.3, 0.4) is 0 Å². The summed E-state index contributed by atoms with van der Waals surface area (Å²) in [6.45, 7) is 5.55. The monoisotopic (exact) mass is 376 g/mol. The standard InChI is InChI=1S/2C4H9O2.4CH3.2Ga/c2*1-4(5)3-6-2;;;;;;/h2*4H,3H2,1-2H3;4*1H3;;/q2*-1;;;;;2*+1. The maximum absolute atomic E-state index is 5.55. The number of rotatable bonds is 8. The van der Waals surface area contributed by atoms with E-state index in [-0.39, 0.29) is 0 Å². The molecule has 108 valence electrons. The number of hydrogen-bond acceptors (Lipinski definition) is 4. The van der Waals surface area contributed by atoms with E-state index in [1.165, 1.54) is 0 Å². The van der Waals surface area contributed by atoms with Crippen molar-refractivity contribution in [3.05, 3.63) is 0 Å². The van der Waals surface area contributed by atoms with Crippen LogP contribution >= 0.6 is 0 Å². The van der Waals surface area contributed by atoms with Crippen molar-refractivity contribution >= 4 is 33.2 Å². The Kier molecular flexibility index (Phi) is 17.3. The molecule has 0 aliphatic heterocycles. The summed E-state index contributed by atoms with van der Waals surface area (Å²) in [7, 11) is 3.40. The van der Waals surface area contributed by atoms with Crippen molar-refractivity contribution in [3.63, 3.8) is 0 Å². The molecule has 0 fully saturated rings. The predicted molar refractivity (Wildman–Crippen MR) is 79.8 cm³/mol. The zero-order valence-corrected chi connectivity index (χ0v) is 18.2.